The third kappa shape index (κ3) is 5.06. The third-order valence-corrected chi connectivity index (χ3v) is 4.57. The van der Waals surface area contributed by atoms with Gasteiger partial charge in [0.1, 0.15) is 0 Å². The maximum absolute atomic E-state index is 12.3. The normalized spacial score (nSPS) is 18.2. The molecule has 1 heterocycles. The van der Waals surface area contributed by atoms with E-state index in [1.807, 2.05) is 31.2 Å². The van der Waals surface area contributed by atoms with Crippen LogP contribution in [0.1, 0.15) is 32.3 Å². The van der Waals surface area contributed by atoms with E-state index in [0.717, 1.165) is 37.3 Å². The summed E-state index contributed by atoms with van der Waals surface area (Å²) < 4.78 is 5.34. The number of carbonyl (C=O) groups excluding carboxylic acids is 1. The number of nitrogens with one attached hydrogen (secondary N) is 1. The van der Waals surface area contributed by atoms with E-state index >= 15 is 0 Å². The molecule has 0 unspecified atom stereocenters. The van der Waals surface area contributed by atoms with Gasteiger partial charge in [0.15, 0.2) is 0 Å². The Kier molecular flexibility index (Phi) is 6.16. The Bertz CT molecular complexity index is 534. The minimum atomic E-state index is -0.798. The molecule has 0 spiro atoms. The number of hydrogen-bond acceptors (Lipinski definition) is 3. The Balaban J connectivity index is 1.89. The van der Waals surface area contributed by atoms with Crippen LogP contribution < -0.4 is 5.32 Å². The minimum Gasteiger partial charge on any atom is -0.481 e. The Labute approximate surface area is 137 Å². The van der Waals surface area contributed by atoms with Crippen LogP contribution in [0.3, 0.4) is 0 Å². The number of aliphatic carboxylic acids is 1. The molecule has 2 rings (SSSR count). The van der Waals surface area contributed by atoms with Gasteiger partial charge < -0.3 is 15.2 Å². The van der Waals surface area contributed by atoms with Crippen molar-refractivity contribution in [3.05, 3.63) is 29.8 Å². The second-order valence-corrected chi connectivity index (χ2v) is 6.37. The highest BCUT2D eigenvalue weighted by atomic mass is 16.5. The average Bonchev–Trinajstić information content (AvgIpc) is 2.56. The van der Waals surface area contributed by atoms with Gasteiger partial charge >= 0.3 is 5.97 Å². The van der Waals surface area contributed by atoms with Gasteiger partial charge in [-0.2, -0.15) is 0 Å². The zero-order chi connectivity index (χ0) is 16.8. The third-order valence-electron chi connectivity index (χ3n) is 4.57. The van der Waals surface area contributed by atoms with Crippen molar-refractivity contribution in [2.75, 3.05) is 18.5 Å². The van der Waals surface area contributed by atoms with E-state index < -0.39 is 11.9 Å². The van der Waals surface area contributed by atoms with Crippen molar-refractivity contribution in [1.29, 1.82) is 0 Å². The molecule has 1 fully saturated rings. The van der Waals surface area contributed by atoms with E-state index in [1.54, 1.807) is 6.92 Å². The van der Waals surface area contributed by atoms with Crippen molar-refractivity contribution in [3.8, 4) is 0 Å². The number of carbonyl (C=O) groups is 2. The SMILES string of the molecule is C[C@H](Cc1ccc(NC(=O)[C@@H](C)C2CCOCC2)cc1)C(=O)O. The number of carboxylic acids is 1. The van der Waals surface area contributed by atoms with Crippen molar-refractivity contribution < 1.29 is 19.4 Å². The summed E-state index contributed by atoms with van der Waals surface area (Å²) in [6.07, 6.45) is 2.35. The molecule has 1 aromatic rings. The highest BCUT2D eigenvalue weighted by Crippen LogP contribution is 2.25. The zero-order valence-electron chi connectivity index (χ0n) is 13.7. The highest BCUT2D eigenvalue weighted by Gasteiger charge is 2.25. The first-order valence-electron chi connectivity index (χ1n) is 8.17. The number of benzene rings is 1. The predicted octanol–water partition coefficient (Wildman–Crippen LogP) is 2.95. The number of rotatable bonds is 6. The van der Waals surface area contributed by atoms with Gasteiger partial charge in [-0.1, -0.05) is 26.0 Å². The largest absolute Gasteiger partial charge is 0.481 e. The van der Waals surface area contributed by atoms with Gasteiger partial charge in [-0.05, 0) is 42.9 Å². The van der Waals surface area contributed by atoms with Gasteiger partial charge in [-0.15, -0.1) is 0 Å². The zero-order valence-corrected chi connectivity index (χ0v) is 13.7. The molecule has 1 saturated heterocycles. The Morgan fingerprint density at radius 2 is 1.83 bits per heavy atom. The molecule has 1 aromatic carbocycles. The molecule has 2 N–H and O–H groups in total. The van der Waals surface area contributed by atoms with Gasteiger partial charge in [-0.3, -0.25) is 9.59 Å². The van der Waals surface area contributed by atoms with E-state index in [0.29, 0.717) is 12.3 Å². The van der Waals surface area contributed by atoms with E-state index in [4.69, 9.17) is 9.84 Å². The monoisotopic (exact) mass is 319 g/mol. The molecule has 0 radical (unpaired) electrons. The number of ether oxygens (including phenoxy) is 1. The summed E-state index contributed by atoms with van der Waals surface area (Å²) in [5.74, 6) is -0.842. The fraction of sp³-hybridized carbons (Fsp3) is 0.556. The smallest absolute Gasteiger partial charge is 0.306 e. The standard InChI is InChI=1S/C18H25NO4/c1-12(18(21)22)11-14-3-5-16(6-4-14)19-17(20)13(2)15-7-9-23-10-8-15/h3-6,12-13,15H,7-11H2,1-2H3,(H,19,20)(H,21,22)/t12-,13+/m1/s1. The van der Waals surface area contributed by atoms with E-state index in [-0.39, 0.29) is 11.8 Å². The van der Waals surface area contributed by atoms with Crippen LogP contribution >= 0.6 is 0 Å². The summed E-state index contributed by atoms with van der Waals surface area (Å²) in [6.45, 7) is 5.12. The first-order chi connectivity index (χ1) is 11.0. The van der Waals surface area contributed by atoms with Crippen molar-refractivity contribution in [3.63, 3.8) is 0 Å². The Morgan fingerprint density at radius 1 is 1.22 bits per heavy atom. The molecule has 5 nitrogen and oxygen atoms in total. The van der Waals surface area contributed by atoms with Crippen LogP contribution in [0.25, 0.3) is 0 Å². The molecular formula is C18H25NO4. The second kappa shape index (κ2) is 8.11. The van der Waals surface area contributed by atoms with Crippen molar-refractivity contribution >= 4 is 17.6 Å². The first-order valence-corrected chi connectivity index (χ1v) is 8.17. The van der Waals surface area contributed by atoms with E-state index in [1.165, 1.54) is 0 Å². The Morgan fingerprint density at radius 3 is 2.39 bits per heavy atom. The molecule has 23 heavy (non-hydrogen) atoms. The molecule has 0 bridgehead atoms. The lowest BCUT2D eigenvalue weighted by Crippen LogP contribution is -2.30. The number of anilines is 1. The van der Waals surface area contributed by atoms with Gasteiger partial charge in [-0.25, -0.2) is 0 Å². The van der Waals surface area contributed by atoms with Crippen molar-refractivity contribution in [2.24, 2.45) is 17.8 Å². The summed E-state index contributed by atoms with van der Waals surface area (Å²) in [5, 5.41) is 11.9. The molecular weight excluding hydrogens is 294 g/mol. The predicted molar refractivity (Wildman–Crippen MR) is 88.3 cm³/mol. The summed E-state index contributed by atoms with van der Waals surface area (Å²) in [7, 11) is 0. The van der Waals surface area contributed by atoms with Crippen molar-refractivity contribution in [1.82, 2.24) is 0 Å². The molecule has 0 aliphatic carbocycles. The lowest BCUT2D eigenvalue weighted by Gasteiger charge is -2.27. The molecule has 1 aliphatic heterocycles. The molecule has 0 saturated carbocycles. The maximum atomic E-state index is 12.3. The van der Waals surface area contributed by atoms with Crippen LogP contribution in [-0.4, -0.2) is 30.2 Å². The van der Waals surface area contributed by atoms with Crippen LogP contribution in [0.15, 0.2) is 24.3 Å². The average molecular weight is 319 g/mol. The highest BCUT2D eigenvalue weighted by molar-refractivity contribution is 5.92. The first kappa shape index (κ1) is 17.5. The van der Waals surface area contributed by atoms with Gasteiger partial charge in [0.25, 0.3) is 0 Å². The maximum Gasteiger partial charge on any atom is 0.306 e. The van der Waals surface area contributed by atoms with Crippen LogP contribution in [0.2, 0.25) is 0 Å². The lowest BCUT2D eigenvalue weighted by atomic mass is 9.86. The fourth-order valence-electron chi connectivity index (χ4n) is 2.85. The minimum absolute atomic E-state index is 0.0311. The Hall–Kier alpha value is -1.88. The van der Waals surface area contributed by atoms with Gasteiger partial charge in [0.2, 0.25) is 5.91 Å². The van der Waals surface area contributed by atoms with Crippen LogP contribution in [0.4, 0.5) is 5.69 Å². The van der Waals surface area contributed by atoms with Crippen molar-refractivity contribution in [2.45, 2.75) is 33.1 Å². The topological polar surface area (TPSA) is 75.6 Å². The van der Waals surface area contributed by atoms with E-state index in [9.17, 15) is 9.59 Å². The molecule has 1 amide bonds. The van der Waals surface area contributed by atoms with Crippen LogP contribution in [0.5, 0.6) is 0 Å². The summed E-state index contributed by atoms with van der Waals surface area (Å²) in [4.78, 5) is 23.2. The number of hydrogen-bond donors (Lipinski definition) is 2. The summed E-state index contributed by atoms with van der Waals surface area (Å²) >= 11 is 0. The van der Waals surface area contributed by atoms with Crippen LogP contribution in [-0.2, 0) is 20.7 Å². The summed E-state index contributed by atoms with van der Waals surface area (Å²) in [5.41, 5.74) is 1.70. The molecule has 5 heteroatoms. The summed E-state index contributed by atoms with van der Waals surface area (Å²) in [6, 6.07) is 7.40. The molecule has 2 atom stereocenters. The van der Waals surface area contributed by atoms with Gasteiger partial charge in [0, 0.05) is 24.8 Å². The van der Waals surface area contributed by atoms with Gasteiger partial charge in [0.05, 0.1) is 5.92 Å². The van der Waals surface area contributed by atoms with E-state index in [2.05, 4.69) is 5.32 Å². The quantitative estimate of drug-likeness (QED) is 0.845. The molecule has 126 valence electrons. The fourth-order valence-corrected chi connectivity index (χ4v) is 2.85. The lowest BCUT2D eigenvalue weighted by molar-refractivity contribution is -0.141. The number of amides is 1. The molecule has 0 aromatic heterocycles. The second-order valence-electron chi connectivity index (χ2n) is 6.37. The number of carboxylic acid groups (broad SMARTS) is 1. The molecule has 1 aliphatic rings. The van der Waals surface area contributed by atoms with Crippen LogP contribution in [0, 0.1) is 17.8 Å².